The second kappa shape index (κ2) is 18.1. The highest BCUT2D eigenvalue weighted by Gasteiger charge is 2.23. The van der Waals surface area contributed by atoms with Crippen molar-refractivity contribution in [1.82, 2.24) is 0 Å². The number of anilines is 2. The van der Waals surface area contributed by atoms with Gasteiger partial charge in [-0.15, -0.1) is 11.3 Å². The summed E-state index contributed by atoms with van der Waals surface area (Å²) in [4.78, 5) is 2.51. The van der Waals surface area contributed by atoms with Crippen LogP contribution in [0.3, 0.4) is 0 Å². The molecule has 5 aromatic carbocycles. The van der Waals surface area contributed by atoms with Crippen LogP contribution in [0.25, 0.3) is 48.0 Å². The third-order valence-electron chi connectivity index (χ3n) is 12.8. The maximum atomic E-state index is 3.77. The predicted molar refractivity (Wildman–Crippen MR) is 270 cm³/mol. The van der Waals surface area contributed by atoms with E-state index in [1.54, 1.807) is 0 Å². The van der Waals surface area contributed by atoms with Gasteiger partial charge in [-0.25, -0.2) is 0 Å². The first kappa shape index (κ1) is 39.4. The summed E-state index contributed by atoms with van der Waals surface area (Å²) in [5.74, 6) is 0.404. The van der Waals surface area contributed by atoms with Crippen LogP contribution in [0.15, 0.2) is 241 Å². The summed E-state index contributed by atoms with van der Waals surface area (Å²) in [7, 11) is 0. The lowest BCUT2D eigenvalue weighted by Gasteiger charge is -2.31. The topological polar surface area (TPSA) is 3.24 Å². The van der Waals surface area contributed by atoms with Gasteiger partial charge in [0.15, 0.2) is 0 Å². The molecule has 0 N–H and O–H groups in total. The smallest absolute Gasteiger partial charge is 0.0465 e. The molecule has 10 rings (SSSR count). The van der Waals surface area contributed by atoms with Crippen molar-refractivity contribution < 1.29 is 0 Å². The number of hydrogen-bond donors (Lipinski definition) is 0. The molecule has 6 aromatic rings. The second-order valence-corrected chi connectivity index (χ2v) is 17.6. The highest BCUT2D eigenvalue weighted by atomic mass is 32.1. The molecule has 1 unspecified atom stereocenters. The standard InChI is InChI=1S/C60H51NS/c1-2-3-4-7-15-43-24-26-45(27-25-43)48-32-36-51(37-33-48)61(52-38-34-49(35-39-52)47-30-28-46(29-31-47)44-16-8-5-9-17-44)53-40-41-54(58(42-53)50-18-10-6-11-19-50)56-21-14-22-57-55-20-12-13-23-59(55)62-60(56)57/h2-8,10-16,18-24,26-28,30,32-34,36-38,40-43H,1,9,17,25,29,31,35,39H2/b4-3-,15-7+. The van der Waals surface area contributed by atoms with Crippen LogP contribution in [0, 0.1) is 5.92 Å². The van der Waals surface area contributed by atoms with Crippen LogP contribution in [0.5, 0.6) is 0 Å². The Morgan fingerprint density at radius 2 is 1.32 bits per heavy atom. The van der Waals surface area contributed by atoms with E-state index in [0.29, 0.717) is 5.92 Å². The Bertz CT molecular complexity index is 2980. The van der Waals surface area contributed by atoms with Crippen molar-refractivity contribution >= 4 is 48.5 Å². The van der Waals surface area contributed by atoms with Crippen molar-refractivity contribution in [2.45, 2.75) is 44.9 Å². The summed E-state index contributed by atoms with van der Waals surface area (Å²) in [5, 5.41) is 2.65. The summed E-state index contributed by atoms with van der Waals surface area (Å²) in [5.41, 5.74) is 17.1. The number of benzene rings is 5. The number of fused-ring (bicyclic) bond motifs is 3. The van der Waals surface area contributed by atoms with Gasteiger partial charge in [0.25, 0.3) is 0 Å². The summed E-state index contributed by atoms with van der Waals surface area (Å²) in [6, 6.07) is 42.9. The van der Waals surface area contributed by atoms with Gasteiger partial charge in [0.2, 0.25) is 0 Å². The van der Waals surface area contributed by atoms with Crippen LogP contribution in [0.2, 0.25) is 0 Å². The fourth-order valence-corrected chi connectivity index (χ4v) is 10.7. The molecule has 1 nitrogen and oxygen atoms in total. The first-order chi connectivity index (χ1) is 30.7. The highest BCUT2D eigenvalue weighted by Crippen LogP contribution is 2.46. The van der Waals surface area contributed by atoms with Crippen LogP contribution in [-0.2, 0) is 0 Å². The number of rotatable bonds is 11. The van der Waals surface area contributed by atoms with Gasteiger partial charge < -0.3 is 4.90 Å². The van der Waals surface area contributed by atoms with Gasteiger partial charge in [0.05, 0.1) is 0 Å². The maximum absolute atomic E-state index is 3.77. The second-order valence-electron chi connectivity index (χ2n) is 16.6. The molecule has 0 saturated carbocycles. The number of hydrogen-bond acceptors (Lipinski definition) is 2. The van der Waals surface area contributed by atoms with Gasteiger partial charge in [-0.3, -0.25) is 0 Å². The van der Waals surface area contributed by atoms with Crippen LogP contribution in [-0.4, -0.2) is 0 Å². The molecule has 1 atom stereocenters. The Morgan fingerprint density at radius 3 is 2.05 bits per heavy atom. The van der Waals surface area contributed by atoms with Gasteiger partial charge >= 0.3 is 0 Å². The number of allylic oxidation sites excluding steroid dienone is 21. The van der Waals surface area contributed by atoms with Crippen LogP contribution in [0.1, 0.15) is 50.5 Å². The monoisotopic (exact) mass is 817 g/mol. The predicted octanol–water partition coefficient (Wildman–Crippen LogP) is 17.3. The molecule has 0 spiro atoms. The summed E-state index contributed by atoms with van der Waals surface area (Å²) in [6.45, 7) is 3.77. The van der Waals surface area contributed by atoms with Gasteiger partial charge in [-0.05, 0) is 137 Å². The zero-order valence-corrected chi connectivity index (χ0v) is 36.0. The van der Waals surface area contributed by atoms with Crippen molar-refractivity contribution in [1.29, 1.82) is 0 Å². The van der Waals surface area contributed by atoms with Crippen molar-refractivity contribution in [2.24, 2.45) is 5.92 Å². The SMILES string of the molecule is C=C/C=C\C=C\C1C=CC(c2ccc(N(C3=CC=C(C4=CC=C(C5=CC=CCC5)CC4)CC3)c3ccc(-c4cccc5c4sc4ccccc45)c(-c4ccccc4)c3)cc2)=CC1. The van der Waals surface area contributed by atoms with E-state index in [9.17, 15) is 0 Å². The maximum Gasteiger partial charge on any atom is 0.0465 e. The van der Waals surface area contributed by atoms with Crippen molar-refractivity contribution in [3.63, 3.8) is 0 Å². The summed E-state index contributed by atoms with van der Waals surface area (Å²) >= 11 is 1.90. The van der Waals surface area contributed by atoms with E-state index in [1.807, 2.05) is 29.6 Å². The number of thiophene rings is 1. The van der Waals surface area contributed by atoms with Crippen LogP contribution < -0.4 is 4.90 Å². The van der Waals surface area contributed by atoms with Crippen molar-refractivity contribution in [2.75, 3.05) is 4.90 Å². The zero-order valence-electron chi connectivity index (χ0n) is 35.2. The minimum atomic E-state index is 0.404. The lowest BCUT2D eigenvalue weighted by molar-refractivity contribution is 0.825. The van der Waals surface area contributed by atoms with Gasteiger partial charge in [-0.2, -0.15) is 0 Å². The molecule has 0 fully saturated rings. The minimum Gasteiger partial charge on any atom is -0.314 e. The molecule has 1 aromatic heterocycles. The molecule has 2 heteroatoms. The van der Waals surface area contributed by atoms with E-state index in [1.165, 1.54) is 92.9 Å². The zero-order chi connectivity index (χ0) is 41.7. The van der Waals surface area contributed by atoms with Crippen molar-refractivity contribution in [3.05, 3.63) is 247 Å². The molecule has 62 heavy (non-hydrogen) atoms. The molecule has 0 bridgehead atoms. The average molecular weight is 818 g/mol. The Balaban J connectivity index is 1.04. The van der Waals surface area contributed by atoms with E-state index < -0.39 is 0 Å². The molecule has 4 aliphatic carbocycles. The lowest BCUT2D eigenvalue weighted by Crippen LogP contribution is -2.18. The van der Waals surface area contributed by atoms with Gasteiger partial charge in [0, 0.05) is 42.8 Å². The molecular formula is C60H51NS. The van der Waals surface area contributed by atoms with E-state index >= 15 is 0 Å². The lowest BCUT2D eigenvalue weighted by atomic mass is 9.84. The first-order valence-electron chi connectivity index (χ1n) is 22.2. The fraction of sp³-hybridized carbons (Fsp3) is 0.133. The van der Waals surface area contributed by atoms with Crippen LogP contribution in [0.4, 0.5) is 11.4 Å². The van der Waals surface area contributed by atoms with E-state index in [2.05, 4.69) is 200 Å². The Morgan fingerprint density at radius 1 is 0.581 bits per heavy atom. The Labute approximate surface area is 371 Å². The number of nitrogens with zero attached hydrogens (tertiary/aromatic N) is 1. The Hall–Kier alpha value is -6.74. The first-order valence-corrected chi connectivity index (χ1v) is 23.0. The summed E-state index contributed by atoms with van der Waals surface area (Å²) < 4.78 is 2.66. The largest absolute Gasteiger partial charge is 0.314 e. The molecular weight excluding hydrogens is 767 g/mol. The van der Waals surface area contributed by atoms with E-state index in [4.69, 9.17) is 0 Å². The third kappa shape index (κ3) is 8.19. The van der Waals surface area contributed by atoms with Crippen LogP contribution >= 0.6 is 11.3 Å². The van der Waals surface area contributed by atoms with Gasteiger partial charge in [-0.1, -0.05) is 177 Å². The molecule has 0 aliphatic heterocycles. The van der Waals surface area contributed by atoms with Gasteiger partial charge in [0.1, 0.15) is 0 Å². The minimum absolute atomic E-state index is 0.404. The highest BCUT2D eigenvalue weighted by molar-refractivity contribution is 7.26. The van der Waals surface area contributed by atoms with Crippen molar-refractivity contribution in [3.8, 4) is 22.3 Å². The molecule has 0 radical (unpaired) electrons. The van der Waals surface area contributed by atoms with E-state index in [0.717, 1.165) is 44.9 Å². The average Bonchev–Trinajstić information content (AvgIpc) is 3.74. The fourth-order valence-electron chi connectivity index (χ4n) is 9.47. The molecule has 4 aliphatic rings. The Kier molecular flexibility index (Phi) is 11.5. The normalized spacial score (nSPS) is 17.8. The summed E-state index contributed by atoms with van der Waals surface area (Å²) in [6.07, 6.45) is 41.1. The molecule has 0 saturated heterocycles. The molecule has 0 amide bonds. The third-order valence-corrected chi connectivity index (χ3v) is 14.0. The van der Waals surface area contributed by atoms with E-state index in [-0.39, 0.29) is 0 Å². The molecule has 1 heterocycles. The quantitative estimate of drug-likeness (QED) is 0.118. The molecule has 302 valence electrons.